The fourth-order valence-corrected chi connectivity index (χ4v) is 11.9. The van der Waals surface area contributed by atoms with E-state index < -0.39 is 0 Å². The lowest BCUT2D eigenvalue weighted by atomic mass is 9.33. The molecule has 0 aliphatic carbocycles. The lowest BCUT2D eigenvalue weighted by Crippen LogP contribution is -2.61. The summed E-state index contributed by atoms with van der Waals surface area (Å²) >= 11 is 3.83. The number of nitrogens with zero attached hydrogens (tertiary/aromatic N) is 2. The van der Waals surface area contributed by atoms with Crippen molar-refractivity contribution in [2.24, 2.45) is 0 Å². The summed E-state index contributed by atoms with van der Waals surface area (Å²) in [5.74, 6) is 0. The summed E-state index contributed by atoms with van der Waals surface area (Å²) in [6, 6.07) is 59.7. The van der Waals surface area contributed by atoms with Crippen molar-refractivity contribution in [2.45, 2.75) is 59.3 Å². The van der Waals surface area contributed by atoms with Gasteiger partial charge in [0, 0.05) is 42.4 Å². The number of thiophene rings is 2. The first-order chi connectivity index (χ1) is 28.9. The van der Waals surface area contributed by atoms with Crippen molar-refractivity contribution in [3.8, 4) is 21.6 Å². The van der Waals surface area contributed by atoms with Crippen LogP contribution in [-0.2, 0) is 10.8 Å². The molecule has 9 aromatic rings. The monoisotopic (exact) mass is 810 g/mol. The Kier molecular flexibility index (Phi) is 8.40. The van der Waals surface area contributed by atoms with Crippen LogP contribution in [0.25, 0.3) is 41.7 Å². The molecule has 11 rings (SSSR count). The van der Waals surface area contributed by atoms with Gasteiger partial charge in [0.2, 0.25) is 0 Å². The highest BCUT2D eigenvalue weighted by atomic mass is 32.1. The minimum atomic E-state index is 0.0159. The van der Waals surface area contributed by atoms with Gasteiger partial charge in [0.1, 0.15) is 0 Å². The van der Waals surface area contributed by atoms with Gasteiger partial charge in [-0.3, -0.25) is 0 Å². The molecule has 2 aliphatic heterocycles. The van der Waals surface area contributed by atoms with Crippen molar-refractivity contribution in [1.82, 2.24) is 0 Å². The molecule has 2 aliphatic rings. The topological polar surface area (TPSA) is 6.48 Å². The van der Waals surface area contributed by atoms with E-state index in [9.17, 15) is 0 Å². The van der Waals surface area contributed by atoms with Crippen molar-refractivity contribution in [3.63, 3.8) is 0 Å². The summed E-state index contributed by atoms with van der Waals surface area (Å²) in [4.78, 5) is 6.48. The van der Waals surface area contributed by atoms with E-state index in [1.807, 2.05) is 22.7 Å². The van der Waals surface area contributed by atoms with Gasteiger partial charge in [0.15, 0.2) is 0 Å². The van der Waals surface area contributed by atoms with Crippen molar-refractivity contribution >= 4 is 99.4 Å². The van der Waals surface area contributed by atoms with Gasteiger partial charge in [-0.25, -0.2) is 0 Å². The molecule has 0 amide bonds. The molecule has 0 saturated carbocycles. The van der Waals surface area contributed by atoms with Crippen LogP contribution in [0.4, 0.5) is 33.4 Å². The molecule has 2 aromatic heterocycles. The second-order valence-electron chi connectivity index (χ2n) is 18.7. The summed E-state index contributed by atoms with van der Waals surface area (Å²) in [7, 11) is 0. The van der Waals surface area contributed by atoms with Gasteiger partial charge in [-0.05, 0) is 128 Å². The Morgan fingerprint density at radius 3 is 1.78 bits per heavy atom. The number of rotatable bonds is 4. The molecule has 0 atom stereocenters. The molecule has 0 radical (unpaired) electrons. The Morgan fingerprint density at radius 1 is 0.467 bits per heavy atom. The van der Waals surface area contributed by atoms with E-state index in [-0.39, 0.29) is 17.5 Å². The van der Waals surface area contributed by atoms with Gasteiger partial charge < -0.3 is 9.80 Å². The number of aryl methyl sites for hydroxylation is 1. The summed E-state index contributed by atoms with van der Waals surface area (Å²) in [5.41, 5.74) is 18.0. The van der Waals surface area contributed by atoms with Crippen LogP contribution in [0, 0.1) is 6.92 Å². The summed E-state index contributed by atoms with van der Waals surface area (Å²) in [6.07, 6.45) is 0. The first-order valence-corrected chi connectivity index (χ1v) is 22.8. The quantitative estimate of drug-likeness (QED) is 0.163. The number of anilines is 6. The number of hydrogen-bond donors (Lipinski definition) is 0. The minimum absolute atomic E-state index is 0.0159. The van der Waals surface area contributed by atoms with Crippen LogP contribution in [0.2, 0.25) is 0 Å². The Balaban J connectivity index is 1.25. The van der Waals surface area contributed by atoms with Gasteiger partial charge in [-0.15, -0.1) is 22.7 Å². The van der Waals surface area contributed by atoms with Crippen molar-refractivity contribution < 1.29 is 0 Å². The highest BCUT2D eigenvalue weighted by Crippen LogP contribution is 2.51. The van der Waals surface area contributed by atoms with Gasteiger partial charge >= 0.3 is 0 Å². The molecule has 0 spiro atoms. The lowest BCUT2D eigenvalue weighted by Gasteiger charge is -2.43. The van der Waals surface area contributed by atoms with Crippen LogP contribution < -0.4 is 26.2 Å². The Morgan fingerprint density at radius 2 is 1.08 bits per heavy atom. The first-order valence-electron chi connectivity index (χ1n) is 21.1. The fourth-order valence-electron chi connectivity index (χ4n) is 9.56. The molecule has 7 aromatic carbocycles. The van der Waals surface area contributed by atoms with E-state index in [2.05, 4.69) is 216 Å². The Hall–Kier alpha value is -5.88. The maximum atomic E-state index is 2.61. The molecule has 5 heteroatoms. The second kappa shape index (κ2) is 13.6. The average molecular weight is 811 g/mol. The third kappa shape index (κ3) is 5.89. The third-order valence-electron chi connectivity index (χ3n) is 12.6. The molecule has 4 heterocycles. The van der Waals surface area contributed by atoms with Crippen molar-refractivity contribution in [1.29, 1.82) is 0 Å². The van der Waals surface area contributed by atoms with Crippen LogP contribution in [0.15, 0.2) is 158 Å². The van der Waals surface area contributed by atoms with E-state index in [1.165, 1.54) is 108 Å². The highest BCUT2D eigenvalue weighted by Gasteiger charge is 2.46. The number of fused-ring (bicyclic) bond motifs is 8. The standard InChI is InChI=1S/C55H47BN2S2/c1-34-29-45-51-46(30-34)58(40-24-21-38(22-25-40)54(2,3)4)53-50(42-32-39(55(5,6)7)23-27-47(42)60-53)56(51)44-26-28-48-43(33-49(59-48)36-17-12-9-13-18-36)52(44)57(45)41-20-14-19-37(31-41)35-15-10-8-11-16-35/h8-33H,1-7H3. The molecule has 60 heavy (non-hydrogen) atoms. The highest BCUT2D eigenvalue weighted by molar-refractivity contribution is 7.27. The predicted molar refractivity (Wildman–Crippen MR) is 264 cm³/mol. The maximum Gasteiger partial charge on any atom is 0.254 e. The zero-order valence-electron chi connectivity index (χ0n) is 35.3. The smallest absolute Gasteiger partial charge is 0.254 e. The normalized spacial score (nSPS) is 13.5. The van der Waals surface area contributed by atoms with E-state index in [0.717, 1.165) is 0 Å². The summed E-state index contributed by atoms with van der Waals surface area (Å²) in [6.45, 7) is 16.2. The molecule has 0 N–H and O–H groups in total. The van der Waals surface area contributed by atoms with Crippen LogP contribution in [-0.4, -0.2) is 6.71 Å². The van der Waals surface area contributed by atoms with Crippen LogP contribution in [0.5, 0.6) is 0 Å². The molecular formula is C55H47BN2S2. The van der Waals surface area contributed by atoms with E-state index in [1.54, 1.807) is 0 Å². The van der Waals surface area contributed by atoms with Crippen molar-refractivity contribution in [2.75, 3.05) is 9.80 Å². The zero-order chi connectivity index (χ0) is 41.1. The van der Waals surface area contributed by atoms with Crippen LogP contribution in [0.1, 0.15) is 58.2 Å². The SMILES string of the molecule is Cc1cc2c3c(c1)N(c1cccc(-c4ccccc4)c1)c1c(ccc4sc(-c5ccccc5)cc14)B3c1c(sc3ccc(C(C)(C)C)cc13)N2c1ccc(C(C)(C)C)cc1. The van der Waals surface area contributed by atoms with Crippen LogP contribution in [0.3, 0.4) is 0 Å². The first kappa shape index (κ1) is 37.1. The zero-order valence-corrected chi connectivity index (χ0v) is 36.9. The molecular weight excluding hydrogens is 764 g/mol. The number of hydrogen-bond acceptors (Lipinski definition) is 4. The van der Waals surface area contributed by atoms with Gasteiger partial charge in [0.25, 0.3) is 6.71 Å². The van der Waals surface area contributed by atoms with E-state index >= 15 is 0 Å². The molecule has 0 unspecified atom stereocenters. The maximum absolute atomic E-state index is 2.61. The second-order valence-corrected chi connectivity index (χ2v) is 20.8. The van der Waals surface area contributed by atoms with E-state index in [4.69, 9.17) is 0 Å². The van der Waals surface area contributed by atoms with Crippen molar-refractivity contribution in [3.05, 3.63) is 174 Å². The molecule has 0 fully saturated rings. The minimum Gasteiger partial charge on any atom is -0.311 e. The molecule has 292 valence electrons. The van der Waals surface area contributed by atoms with Gasteiger partial charge in [-0.2, -0.15) is 0 Å². The van der Waals surface area contributed by atoms with E-state index in [0.29, 0.717) is 0 Å². The largest absolute Gasteiger partial charge is 0.311 e. The number of benzene rings is 7. The van der Waals surface area contributed by atoms with Crippen LogP contribution >= 0.6 is 22.7 Å². The lowest BCUT2D eigenvalue weighted by molar-refractivity contribution is 0.590. The Bertz CT molecular complexity index is 3130. The van der Waals surface area contributed by atoms with Gasteiger partial charge in [-0.1, -0.05) is 145 Å². The Labute approximate surface area is 362 Å². The summed E-state index contributed by atoms with van der Waals surface area (Å²) < 4.78 is 2.63. The van der Waals surface area contributed by atoms with Gasteiger partial charge in [0.05, 0.1) is 10.7 Å². The predicted octanol–water partition coefficient (Wildman–Crippen LogP) is 14.4. The molecule has 0 bridgehead atoms. The molecule has 2 nitrogen and oxygen atoms in total. The third-order valence-corrected chi connectivity index (χ3v) is 14.9. The fraction of sp³-hybridized carbons (Fsp3) is 0.164. The molecule has 0 saturated heterocycles. The average Bonchev–Trinajstić information content (AvgIpc) is 3.86. The summed E-state index contributed by atoms with van der Waals surface area (Å²) in [5, 5.41) is 3.98.